The lowest BCUT2D eigenvalue weighted by Gasteiger charge is -2.39. The monoisotopic (exact) mass is 305 g/mol. The molecule has 0 saturated carbocycles. The van der Waals surface area contributed by atoms with Gasteiger partial charge in [-0.25, -0.2) is 0 Å². The molecule has 0 aromatic carbocycles. The van der Waals surface area contributed by atoms with Crippen LogP contribution in [0.25, 0.3) is 0 Å². The Morgan fingerprint density at radius 3 is 1.89 bits per heavy atom. The number of nitrogens with one attached hydrogen (secondary N) is 1. The SMILES string of the molecule is CC(=O)NCC(C)(C)C(O)(O[PH](=O)O)O[PH](=O)O. The van der Waals surface area contributed by atoms with Crippen LogP contribution in [0.4, 0.5) is 0 Å². The van der Waals surface area contributed by atoms with Crippen LogP contribution in [0.5, 0.6) is 0 Å². The summed E-state index contributed by atoms with van der Waals surface area (Å²) in [5, 5.41) is 12.3. The number of amides is 1. The van der Waals surface area contributed by atoms with Crippen molar-refractivity contribution in [2.24, 2.45) is 5.41 Å². The van der Waals surface area contributed by atoms with Crippen molar-refractivity contribution in [2.45, 2.75) is 26.7 Å². The highest BCUT2D eigenvalue weighted by molar-refractivity contribution is 7.33. The molecule has 0 aliphatic heterocycles. The number of carbonyl (C=O) groups excluding carboxylic acids is 1. The summed E-state index contributed by atoms with van der Waals surface area (Å²) in [7, 11) is -7.26. The summed E-state index contributed by atoms with van der Waals surface area (Å²) in [6.45, 7) is 3.65. The number of rotatable bonds is 7. The van der Waals surface area contributed by atoms with Gasteiger partial charge in [0.1, 0.15) is 0 Å². The summed E-state index contributed by atoms with van der Waals surface area (Å²) in [5.41, 5.74) is -1.44. The van der Waals surface area contributed by atoms with Crippen LogP contribution in [0.2, 0.25) is 0 Å². The molecule has 18 heavy (non-hydrogen) atoms. The summed E-state index contributed by atoms with van der Waals surface area (Å²) >= 11 is 0. The Morgan fingerprint density at radius 1 is 1.22 bits per heavy atom. The smallest absolute Gasteiger partial charge is 0.320 e. The van der Waals surface area contributed by atoms with Crippen LogP contribution in [-0.2, 0) is 23.0 Å². The first-order valence-corrected chi connectivity index (χ1v) is 7.33. The Morgan fingerprint density at radius 2 is 1.61 bits per heavy atom. The molecule has 0 aromatic heterocycles. The van der Waals surface area contributed by atoms with Gasteiger partial charge in [-0.1, -0.05) is 13.8 Å². The molecule has 0 rings (SSSR count). The van der Waals surface area contributed by atoms with Gasteiger partial charge in [0.25, 0.3) is 0 Å². The van der Waals surface area contributed by atoms with Gasteiger partial charge in [-0.2, -0.15) is 0 Å². The van der Waals surface area contributed by atoms with E-state index in [-0.39, 0.29) is 6.54 Å². The van der Waals surface area contributed by atoms with E-state index in [0.717, 1.165) is 0 Å². The van der Waals surface area contributed by atoms with Crippen molar-refractivity contribution in [3.63, 3.8) is 0 Å². The Kier molecular flexibility index (Phi) is 6.67. The Bertz CT molecular complexity index is 341. The Labute approximate surface area is 105 Å². The minimum Gasteiger partial charge on any atom is -0.355 e. The van der Waals surface area contributed by atoms with E-state index in [2.05, 4.69) is 14.4 Å². The maximum absolute atomic E-state index is 10.8. The molecule has 0 fully saturated rings. The zero-order chi connectivity index (χ0) is 14.6. The summed E-state index contributed by atoms with van der Waals surface area (Å²) in [4.78, 5) is 28.1. The molecule has 0 radical (unpaired) electrons. The van der Waals surface area contributed by atoms with E-state index in [4.69, 9.17) is 9.79 Å². The van der Waals surface area contributed by atoms with Crippen molar-refractivity contribution in [1.82, 2.24) is 5.32 Å². The van der Waals surface area contributed by atoms with Crippen molar-refractivity contribution in [1.29, 1.82) is 0 Å². The molecule has 0 aliphatic carbocycles. The predicted molar refractivity (Wildman–Crippen MR) is 62.0 cm³/mol. The van der Waals surface area contributed by atoms with Crippen LogP contribution in [0.15, 0.2) is 0 Å². The van der Waals surface area contributed by atoms with Gasteiger partial charge < -0.3 is 20.2 Å². The third kappa shape index (κ3) is 5.58. The Balaban J connectivity index is 5.07. The maximum Gasteiger partial charge on any atom is 0.320 e. The molecular formula is C7H17NO8P2. The van der Waals surface area contributed by atoms with Crippen LogP contribution in [0.3, 0.4) is 0 Å². The highest BCUT2D eigenvalue weighted by Crippen LogP contribution is 2.43. The standard InChI is InChI=1S/C7H17NO8P2/c1-5(9)8-4-6(2,3)7(10,15-17(11)12)16-18(13)14/h10,17-18H,4H2,1-3H3,(H,8,9)(H,11,12)(H,13,14). The van der Waals surface area contributed by atoms with Crippen LogP contribution >= 0.6 is 16.5 Å². The third-order valence-corrected chi connectivity index (χ3v) is 2.99. The first kappa shape index (κ1) is 17.7. The summed E-state index contributed by atoms with van der Waals surface area (Å²) < 4.78 is 29.9. The molecule has 1 amide bonds. The number of hydrogen-bond donors (Lipinski definition) is 4. The van der Waals surface area contributed by atoms with Crippen LogP contribution in [0, 0.1) is 5.41 Å². The van der Waals surface area contributed by atoms with Crippen LogP contribution in [0.1, 0.15) is 20.8 Å². The number of aliphatic hydroxyl groups is 1. The summed E-state index contributed by atoms with van der Waals surface area (Å²) in [6, 6.07) is 0. The van der Waals surface area contributed by atoms with E-state index in [9.17, 15) is 19.0 Å². The molecule has 2 atom stereocenters. The maximum atomic E-state index is 10.8. The third-order valence-electron chi connectivity index (χ3n) is 2.09. The van der Waals surface area contributed by atoms with Crippen LogP contribution < -0.4 is 5.32 Å². The van der Waals surface area contributed by atoms with Gasteiger partial charge in [0, 0.05) is 13.5 Å². The lowest BCUT2D eigenvalue weighted by atomic mass is 9.90. The predicted octanol–water partition coefficient (Wildman–Crippen LogP) is -0.408. The van der Waals surface area contributed by atoms with E-state index in [0.29, 0.717) is 0 Å². The van der Waals surface area contributed by atoms with Gasteiger partial charge in [-0.05, 0) is 0 Å². The molecule has 0 heterocycles. The Hall–Kier alpha value is -0.270. The first-order valence-electron chi connectivity index (χ1n) is 4.81. The van der Waals surface area contributed by atoms with Gasteiger partial charge in [-0.15, -0.1) is 0 Å². The fourth-order valence-corrected chi connectivity index (χ4v) is 2.18. The van der Waals surface area contributed by atoms with Crippen molar-refractivity contribution in [2.75, 3.05) is 6.54 Å². The lowest BCUT2D eigenvalue weighted by molar-refractivity contribution is -0.330. The van der Waals surface area contributed by atoms with Gasteiger partial charge in [0.2, 0.25) is 5.91 Å². The van der Waals surface area contributed by atoms with E-state index in [1.807, 2.05) is 0 Å². The van der Waals surface area contributed by atoms with Gasteiger partial charge in [0.05, 0.1) is 5.41 Å². The second-order valence-electron chi connectivity index (χ2n) is 4.11. The highest BCUT2D eigenvalue weighted by Gasteiger charge is 2.49. The topological polar surface area (TPSA) is 142 Å². The van der Waals surface area contributed by atoms with Crippen LogP contribution in [-0.4, -0.2) is 33.3 Å². The minimum absolute atomic E-state index is 0.205. The molecule has 4 N–H and O–H groups in total. The molecule has 9 nitrogen and oxygen atoms in total. The number of hydrogen-bond acceptors (Lipinski definition) is 6. The molecule has 0 saturated heterocycles. The fourth-order valence-electron chi connectivity index (χ4n) is 0.991. The van der Waals surface area contributed by atoms with Gasteiger partial charge in [0.15, 0.2) is 0 Å². The summed E-state index contributed by atoms with van der Waals surface area (Å²) in [6.07, 6.45) is 0. The van der Waals surface area contributed by atoms with E-state index in [1.54, 1.807) is 0 Å². The van der Waals surface area contributed by atoms with Gasteiger partial charge in [-0.3, -0.25) is 23.0 Å². The average Bonchev–Trinajstić information content (AvgIpc) is 2.11. The lowest BCUT2D eigenvalue weighted by Crippen LogP contribution is -2.52. The minimum atomic E-state index is -3.63. The molecule has 2 unspecified atom stereocenters. The first-order chi connectivity index (χ1) is 8.00. The van der Waals surface area contributed by atoms with E-state index >= 15 is 0 Å². The van der Waals surface area contributed by atoms with Crippen molar-refractivity contribution >= 4 is 22.4 Å². The molecular weight excluding hydrogens is 288 g/mol. The molecule has 0 aromatic rings. The average molecular weight is 305 g/mol. The van der Waals surface area contributed by atoms with Crippen molar-refractivity contribution < 1.29 is 37.9 Å². The number of carbonyl (C=O) groups is 1. The second kappa shape index (κ2) is 6.77. The normalized spacial score (nSPS) is 18.8. The molecule has 11 heteroatoms. The second-order valence-corrected chi connectivity index (χ2v) is 5.58. The zero-order valence-electron chi connectivity index (χ0n) is 10.1. The molecule has 0 spiro atoms. The molecule has 108 valence electrons. The van der Waals surface area contributed by atoms with Gasteiger partial charge >= 0.3 is 22.5 Å². The molecule has 0 bridgehead atoms. The summed E-state index contributed by atoms with van der Waals surface area (Å²) in [5.74, 6) is -3.19. The quantitative estimate of drug-likeness (QED) is 0.367. The highest BCUT2D eigenvalue weighted by atomic mass is 31.1. The van der Waals surface area contributed by atoms with Crippen molar-refractivity contribution in [3.8, 4) is 0 Å². The van der Waals surface area contributed by atoms with Crippen molar-refractivity contribution in [3.05, 3.63) is 0 Å². The van der Waals surface area contributed by atoms with E-state index < -0.39 is 33.8 Å². The zero-order valence-corrected chi connectivity index (χ0v) is 12.1. The van der Waals surface area contributed by atoms with E-state index in [1.165, 1.54) is 20.8 Å². The molecule has 0 aliphatic rings. The largest absolute Gasteiger partial charge is 0.355 e. The fraction of sp³-hybridized carbons (Fsp3) is 0.857.